The third-order valence-corrected chi connectivity index (χ3v) is 5.08. The summed E-state index contributed by atoms with van der Waals surface area (Å²) < 4.78 is 5.10. The number of aromatic amines is 1. The first-order valence-corrected chi connectivity index (χ1v) is 8.50. The molecule has 2 atom stereocenters. The number of aliphatic hydroxyl groups is 1. The van der Waals surface area contributed by atoms with Crippen LogP contribution in [0.25, 0.3) is 11.4 Å². The van der Waals surface area contributed by atoms with Crippen molar-refractivity contribution in [2.45, 2.75) is 25.4 Å². The van der Waals surface area contributed by atoms with Crippen LogP contribution in [0, 0.1) is 5.92 Å². The van der Waals surface area contributed by atoms with Crippen LogP contribution in [0.2, 0.25) is 0 Å². The van der Waals surface area contributed by atoms with Crippen molar-refractivity contribution in [1.29, 1.82) is 0 Å². The van der Waals surface area contributed by atoms with E-state index in [4.69, 9.17) is 4.74 Å². The Morgan fingerprint density at radius 3 is 2.96 bits per heavy atom. The van der Waals surface area contributed by atoms with Crippen molar-refractivity contribution >= 4 is 5.91 Å². The van der Waals surface area contributed by atoms with Crippen LogP contribution in [-0.2, 0) is 4.74 Å². The highest BCUT2D eigenvalue weighted by Gasteiger charge is 2.40. The normalized spacial score (nSPS) is 23.6. The van der Waals surface area contributed by atoms with Gasteiger partial charge in [0.05, 0.1) is 11.2 Å². The van der Waals surface area contributed by atoms with Gasteiger partial charge in [0.25, 0.3) is 5.91 Å². The topological polar surface area (TPSA) is 91.3 Å². The maximum atomic E-state index is 13.0. The molecule has 0 spiro atoms. The van der Waals surface area contributed by atoms with E-state index in [1.807, 2.05) is 25.1 Å². The van der Waals surface area contributed by atoms with Crippen molar-refractivity contribution in [3.05, 3.63) is 36.2 Å². The van der Waals surface area contributed by atoms with Gasteiger partial charge in [-0.15, -0.1) is 0 Å². The third kappa shape index (κ3) is 3.57. The molecule has 1 aliphatic rings. The molecule has 1 fully saturated rings. The van der Waals surface area contributed by atoms with Gasteiger partial charge in [-0.3, -0.25) is 9.89 Å². The molecular formula is C18H24N4O3. The minimum absolute atomic E-state index is 0.0159. The van der Waals surface area contributed by atoms with Gasteiger partial charge in [-0.25, -0.2) is 4.98 Å². The molecule has 0 bridgehead atoms. The standard InChI is InChI=1S/C18H24N4O3/c1-13-11-22(9-7-18(13,24)8-10-25-2)17(23)15-6-4-3-5-14(15)16-19-12-20-21-16/h3-6,12-13,24H,7-11H2,1-2H3,(H,19,20,21)/t13-,18-/m0/s1. The van der Waals surface area contributed by atoms with E-state index in [0.717, 1.165) is 5.56 Å². The molecule has 2 heterocycles. The Labute approximate surface area is 147 Å². The number of carbonyl (C=O) groups is 1. The van der Waals surface area contributed by atoms with Gasteiger partial charge in [0.2, 0.25) is 0 Å². The molecule has 0 radical (unpaired) electrons. The first kappa shape index (κ1) is 17.6. The monoisotopic (exact) mass is 344 g/mol. The smallest absolute Gasteiger partial charge is 0.254 e. The number of aromatic nitrogens is 3. The van der Waals surface area contributed by atoms with Crippen LogP contribution in [0.5, 0.6) is 0 Å². The average Bonchev–Trinajstić information content (AvgIpc) is 3.16. The Balaban J connectivity index is 1.78. The zero-order chi connectivity index (χ0) is 17.9. The van der Waals surface area contributed by atoms with Gasteiger partial charge < -0.3 is 14.7 Å². The molecule has 1 aromatic carbocycles. The van der Waals surface area contributed by atoms with Crippen molar-refractivity contribution in [2.24, 2.45) is 5.92 Å². The third-order valence-electron chi connectivity index (χ3n) is 5.08. The number of carbonyl (C=O) groups excluding carboxylic acids is 1. The number of methoxy groups -OCH3 is 1. The molecule has 7 heteroatoms. The van der Waals surface area contributed by atoms with Gasteiger partial charge in [-0.1, -0.05) is 25.1 Å². The number of ether oxygens (including phenoxy) is 1. The van der Waals surface area contributed by atoms with Crippen molar-refractivity contribution in [2.75, 3.05) is 26.8 Å². The molecule has 3 rings (SSSR count). The van der Waals surface area contributed by atoms with E-state index in [2.05, 4.69) is 15.2 Å². The minimum Gasteiger partial charge on any atom is -0.389 e. The molecule has 2 aromatic rings. The molecule has 1 aromatic heterocycles. The molecule has 25 heavy (non-hydrogen) atoms. The van der Waals surface area contributed by atoms with Crippen LogP contribution in [0.15, 0.2) is 30.6 Å². The molecule has 134 valence electrons. The summed E-state index contributed by atoms with van der Waals surface area (Å²) in [5, 5.41) is 17.5. The number of nitrogens with one attached hydrogen (secondary N) is 1. The second-order valence-corrected chi connectivity index (χ2v) is 6.63. The lowest BCUT2D eigenvalue weighted by atomic mass is 9.79. The molecule has 0 saturated carbocycles. The number of hydrogen-bond donors (Lipinski definition) is 2. The predicted octanol–water partition coefficient (Wildman–Crippen LogP) is 1.72. The highest BCUT2D eigenvalue weighted by atomic mass is 16.5. The number of H-pyrrole nitrogens is 1. The van der Waals surface area contributed by atoms with Gasteiger partial charge in [0.1, 0.15) is 6.33 Å². The zero-order valence-electron chi connectivity index (χ0n) is 14.6. The van der Waals surface area contributed by atoms with Crippen LogP contribution >= 0.6 is 0 Å². The van der Waals surface area contributed by atoms with Gasteiger partial charge in [-0.05, 0) is 18.9 Å². The van der Waals surface area contributed by atoms with Crippen molar-refractivity contribution in [1.82, 2.24) is 20.1 Å². The number of likely N-dealkylation sites (tertiary alicyclic amines) is 1. The first-order chi connectivity index (χ1) is 12.0. The number of hydrogen-bond acceptors (Lipinski definition) is 5. The van der Waals surface area contributed by atoms with E-state index in [1.54, 1.807) is 18.1 Å². The summed E-state index contributed by atoms with van der Waals surface area (Å²) in [5.74, 6) is 0.510. The van der Waals surface area contributed by atoms with Crippen LogP contribution in [0.4, 0.5) is 0 Å². The summed E-state index contributed by atoms with van der Waals surface area (Å²) in [4.78, 5) is 19.0. The highest BCUT2D eigenvalue weighted by molar-refractivity contribution is 6.00. The van der Waals surface area contributed by atoms with Crippen LogP contribution in [-0.4, -0.2) is 63.5 Å². The first-order valence-electron chi connectivity index (χ1n) is 8.50. The van der Waals surface area contributed by atoms with E-state index in [0.29, 0.717) is 43.9 Å². The summed E-state index contributed by atoms with van der Waals surface area (Å²) in [5.41, 5.74) is 0.545. The highest BCUT2D eigenvalue weighted by Crippen LogP contribution is 2.32. The lowest BCUT2D eigenvalue weighted by Gasteiger charge is -2.43. The van der Waals surface area contributed by atoms with E-state index in [9.17, 15) is 9.90 Å². The van der Waals surface area contributed by atoms with Gasteiger partial charge >= 0.3 is 0 Å². The largest absolute Gasteiger partial charge is 0.389 e. The molecule has 1 aliphatic heterocycles. The summed E-state index contributed by atoms with van der Waals surface area (Å²) in [6, 6.07) is 7.37. The predicted molar refractivity (Wildman–Crippen MR) is 92.9 cm³/mol. The Morgan fingerprint density at radius 1 is 1.48 bits per heavy atom. The van der Waals surface area contributed by atoms with E-state index in [-0.39, 0.29) is 11.8 Å². The fourth-order valence-corrected chi connectivity index (χ4v) is 3.38. The second-order valence-electron chi connectivity index (χ2n) is 6.63. The Bertz CT molecular complexity index is 719. The van der Waals surface area contributed by atoms with Gasteiger partial charge in [-0.2, -0.15) is 5.10 Å². The number of nitrogens with zero attached hydrogens (tertiary/aromatic N) is 3. The molecule has 1 saturated heterocycles. The molecule has 7 nitrogen and oxygen atoms in total. The number of benzene rings is 1. The van der Waals surface area contributed by atoms with Crippen LogP contribution in [0.3, 0.4) is 0 Å². The van der Waals surface area contributed by atoms with Crippen molar-refractivity contribution in [3.63, 3.8) is 0 Å². The number of piperidine rings is 1. The fourth-order valence-electron chi connectivity index (χ4n) is 3.38. The molecule has 1 amide bonds. The number of amides is 1. The Kier molecular flexibility index (Phi) is 5.15. The van der Waals surface area contributed by atoms with Crippen molar-refractivity contribution in [3.8, 4) is 11.4 Å². The SMILES string of the molecule is COCC[C@@]1(O)CCN(C(=O)c2ccccc2-c2ncn[nH]2)C[C@@H]1C. The lowest BCUT2D eigenvalue weighted by molar-refractivity contribution is -0.0750. The maximum Gasteiger partial charge on any atom is 0.254 e. The van der Waals surface area contributed by atoms with Crippen molar-refractivity contribution < 1.29 is 14.6 Å². The summed E-state index contributed by atoms with van der Waals surface area (Å²) in [6.45, 7) is 3.54. The number of rotatable bonds is 5. The summed E-state index contributed by atoms with van der Waals surface area (Å²) >= 11 is 0. The lowest BCUT2D eigenvalue weighted by Crippen LogP contribution is -2.53. The second kappa shape index (κ2) is 7.33. The molecule has 0 unspecified atom stereocenters. The molecule has 0 aliphatic carbocycles. The van der Waals surface area contributed by atoms with Gasteiger partial charge in [0.15, 0.2) is 5.82 Å². The Morgan fingerprint density at radius 2 is 2.28 bits per heavy atom. The van der Waals surface area contributed by atoms with Crippen LogP contribution < -0.4 is 0 Å². The molecule has 2 N–H and O–H groups in total. The molecular weight excluding hydrogens is 320 g/mol. The van der Waals surface area contributed by atoms with E-state index in [1.165, 1.54) is 6.33 Å². The average molecular weight is 344 g/mol. The fraction of sp³-hybridized carbons (Fsp3) is 0.500. The summed E-state index contributed by atoms with van der Waals surface area (Å²) in [7, 11) is 1.63. The van der Waals surface area contributed by atoms with E-state index < -0.39 is 5.60 Å². The summed E-state index contributed by atoms with van der Waals surface area (Å²) in [6.07, 6.45) is 2.56. The van der Waals surface area contributed by atoms with Gasteiger partial charge in [0, 0.05) is 38.3 Å². The van der Waals surface area contributed by atoms with Crippen LogP contribution in [0.1, 0.15) is 30.1 Å². The maximum absolute atomic E-state index is 13.0. The zero-order valence-corrected chi connectivity index (χ0v) is 14.6. The quantitative estimate of drug-likeness (QED) is 0.862. The van der Waals surface area contributed by atoms with E-state index >= 15 is 0 Å². The Hall–Kier alpha value is -2.25. The minimum atomic E-state index is -0.781.